The fraction of sp³-hybridized carbons (Fsp3) is 0.462. The fourth-order valence-electron chi connectivity index (χ4n) is 2.03. The fourth-order valence-corrected chi connectivity index (χ4v) is 2.03. The van der Waals surface area contributed by atoms with Crippen LogP contribution in [0, 0.1) is 0 Å². The number of amides is 1. The molecule has 0 aromatic heterocycles. The van der Waals surface area contributed by atoms with Crippen molar-refractivity contribution >= 4 is 5.91 Å². The summed E-state index contributed by atoms with van der Waals surface area (Å²) in [5.74, 6) is -0.0377. The van der Waals surface area contributed by atoms with Gasteiger partial charge >= 0.3 is 0 Å². The molecular formula is C13H18N2O2. The standard InChI is InChI=1S/C13H18N2O2/c1-9(8-17-2)15-13(16)10-3-4-11-6-14-7-12(11)5-10/h3-5,9,14H,6-8H2,1-2H3,(H,15,16). The molecule has 0 saturated carbocycles. The molecule has 0 fully saturated rings. The third kappa shape index (κ3) is 2.84. The molecule has 1 amide bonds. The van der Waals surface area contributed by atoms with E-state index < -0.39 is 0 Å². The van der Waals surface area contributed by atoms with Gasteiger partial charge in [0, 0.05) is 31.8 Å². The number of nitrogens with one attached hydrogen (secondary N) is 2. The van der Waals surface area contributed by atoms with Crippen LogP contribution in [-0.2, 0) is 17.8 Å². The number of hydrogen-bond donors (Lipinski definition) is 2. The van der Waals surface area contributed by atoms with E-state index in [4.69, 9.17) is 4.74 Å². The highest BCUT2D eigenvalue weighted by atomic mass is 16.5. The summed E-state index contributed by atoms with van der Waals surface area (Å²) in [6.07, 6.45) is 0. The molecule has 0 saturated heterocycles. The van der Waals surface area contributed by atoms with Crippen LogP contribution in [0.1, 0.15) is 28.4 Å². The summed E-state index contributed by atoms with van der Waals surface area (Å²) in [6.45, 7) is 4.20. The van der Waals surface area contributed by atoms with Gasteiger partial charge in [-0.05, 0) is 30.2 Å². The summed E-state index contributed by atoms with van der Waals surface area (Å²) in [7, 11) is 1.63. The molecule has 92 valence electrons. The second kappa shape index (κ2) is 5.29. The lowest BCUT2D eigenvalue weighted by atomic mass is 10.1. The zero-order chi connectivity index (χ0) is 12.3. The number of carbonyl (C=O) groups is 1. The van der Waals surface area contributed by atoms with Crippen LogP contribution < -0.4 is 10.6 Å². The summed E-state index contributed by atoms with van der Waals surface area (Å²) in [6, 6.07) is 5.88. The normalized spacial score (nSPS) is 15.4. The molecule has 0 bridgehead atoms. The van der Waals surface area contributed by atoms with Gasteiger partial charge in [0.05, 0.1) is 6.61 Å². The van der Waals surface area contributed by atoms with Crippen molar-refractivity contribution < 1.29 is 9.53 Å². The lowest BCUT2D eigenvalue weighted by Gasteiger charge is -2.13. The molecule has 2 rings (SSSR count). The number of benzene rings is 1. The smallest absolute Gasteiger partial charge is 0.251 e. The number of ether oxygens (including phenoxy) is 1. The number of hydrogen-bond acceptors (Lipinski definition) is 3. The number of carbonyl (C=O) groups excluding carboxylic acids is 1. The Kier molecular flexibility index (Phi) is 3.76. The molecule has 1 unspecified atom stereocenters. The summed E-state index contributed by atoms with van der Waals surface area (Å²) in [5, 5.41) is 6.17. The van der Waals surface area contributed by atoms with Crippen LogP contribution in [0.4, 0.5) is 0 Å². The van der Waals surface area contributed by atoms with Crippen molar-refractivity contribution in [1.29, 1.82) is 0 Å². The van der Waals surface area contributed by atoms with Crippen molar-refractivity contribution in [1.82, 2.24) is 10.6 Å². The highest BCUT2D eigenvalue weighted by Crippen LogP contribution is 2.16. The second-order valence-corrected chi connectivity index (χ2v) is 4.42. The monoisotopic (exact) mass is 234 g/mol. The van der Waals surface area contributed by atoms with Gasteiger partial charge in [0.25, 0.3) is 5.91 Å². The van der Waals surface area contributed by atoms with Crippen LogP contribution in [0.15, 0.2) is 18.2 Å². The lowest BCUT2D eigenvalue weighted by Crippen LogP contribution is -2.35. The van der Waals surface area contributed by atoms with E-state index in [0.29, 0.717) is 6.61 Å². The van der Waals surface area contributed by atoms with Crippen molar-refractivity contribution in [3.05, 3.63) is 34.9 Å². The minimum absolute atomic E-state index is 0.0267. The largest absolute Gasteiger partial charge is 0.383 e. The lowest BCUT2D eigenvalue weighted by molar-refractivity contribution is 0.0905. The Bertz CT molecular complexity index is 418. The maximum atomic E-state index is 11.9. The third-order valence-electron chi connectivity index (χ3n) is 2.89. The van der Waals surface area contributed by atoms with Crippen LogP contribution in [0.5, 0.6) is 0 Å². The van der Waals surface area contributed by atoms with E-state index >= 15 is 0 Å². The van der Waals surface area contributed by atoms with Crippen molar-refractivity contribution in [2.24, 2.45) is 0 Å². The van der Waals surface area contributed by atoms with Crippen LogP contribution in [0.2, 0.25) is 0 Å². The quantitative estimate of drug-likeness (QED) is 0.819. The van der Waals surface area contributed by atoms with E-state index in [1.165, 1.54) is 11.1 Å². The van der Waals surface area contributed by atoms with Crippen molar-refractivity contribution in [2.45, 2.75) is 26.1 Å². The Hall–Kier alpha value is -1.39. The van der Waals surface area contributed by atoms with E-state index in [-0.39, 0.29) is 11.9 Å². The molecule has 4 heteroatoms. The Morgan fingerprint density at radius 2 is 2.24 bits per heavy atom. The van der Waals surface area contributed by atoms with E-state index in [9.17, 15) is 4.79 Å². The highest BCUT2D eigenvalue weighted by Gasteiger charge is 2.14. The van der Waals surface area contributed by atoms with Gasteiger partial charge in [0.2, 0.25) is 0 Å². The molecule has 0 spiro atoms. The molecule has 1 aliphatic heterocycles. The number of fused-ring (bicyclic) bond motifs is 1. The first-order valence-electron chi connectivity index (χ1n) is 5.83. The minimum atomic E-state index is -0.0377. The highest BCUT2D eigenvalue weighted by molar-refractivity contribution is 5.94. The van der Waals surface area contributed by atoms with Gasteiger partial charge in [-0.25, -0.2) is 0 Å². The number of methoxy groups -OCH3 is 1. The van der Waals surface area contributed by atoms with Crippen molar-refractivity contribution in [3.8, 4) is 0 Å². The van der Waals surface area contributed by atoms with E-state index in [1.807, 2.05) is 25.1 Å². The molecule has 1 atom stereocenters. The summed E-state index contributed by atoms with van der Waals surface area (Å²) in [5.41, 5.74) is 3.22. The predicted octanol–water partition coefficient (Wildman–Crippen LogP) is 1.05. The van der Waals surface area contributed by atoms with Gasteiger partial charge in [-0.2, -0.15) is 0 Å². The van der Waals surface area contributed by atoms with Crippen LogP contribution in [0.3, 0.4) is 0 Å². The molecule has 1 aromatic rings. The van der Waals surface area contributed by atoms with Gasteiger partial charge in [0.15, 0.2) is 0 Å². The Labute approximate surface area is 101 Å². The topological polar surface area (TPSA) is 50.4 Å². The first-order chi connectivity index (χ1) is 8.20. The molecule has 4 nitrogen and oxygen atoms in total. The maximum Gasteiger partial charge on any atom is 0.251 e. The molecule has 2 N–H and O–H groups in total. The van der Waals surface area contributed by atoms with E-state index in [0.717, 1.165) is 18.7 Å². The molecular weight excluding hydrogens is 216 g/mol. The first kappa shape index (κ1) is 12.1. The van der Waals surface area contributed by atoms with Gasteiger partial charge in [-0.15, -0.1) is 0 Å². The maximum absolute atomic E-state index is 11.9. The molecule has 17 heavy (non-hydrogen) atoms. The average molecular weight is 234 g/mol. The SMILES string of the molecule is COCC(C)NC(=O)c1ccc2c(c1)CNC2. The summed E-state index contributed by atoms with van der Waals surface area (Å²) < 4.78 is 4.99. The summed E-state index contributed by atoms with van der Waals surface area (Å²) in [4.78, 5) is 11.9. The van der Waals surface area contributed by atoms with Gasteiger partial charge in [-0.3, -0.25) is 4.79 Å². The molecule has 1 aromatic carbocycles. The molecule has 1 aliphatic rings. The Morgan fingerprint density at radius 1 is 1.47 bits per heavy atom. The van der Waals surface area contributed by atoms with E-state index in [1.54, 1.807) is 7.11 Å². The molecule has 1 heterocycles. The van der Waals surface area contributed by atoms with Crippen LogP contribution in [-0.4, -0.2) is 25.7 Å². The Morgan fingerprint density at radius 3 is 3.00 bits per heavy atom. The van der Waals surface area contributed by atoms with E-state index in [2.05, 4.69) is 10.6 Å². The zero-order valence-electron chi connectivity index (χ0n) is 10.2. The first-order valence-corrected chi connectivity index (χ1v) is 5.83. The molecule has 0 radical (unpaired) electrons. The zero-order valence-corrected chi connectivity index (χ0v) is 10.2. The van der Waals surface area contributed by atoms with Gasteiger partial charge < -0.3 is 15.4 Å². The van der Waals surface area contributed by atoms with Crippen molar-refractivity contribution in [2.75, 3.05) is 13.7 Å². The summed E-state index contributed by atoms with van der Waals surface area (Å²) >= 11 is 0. The minimum Gasteiger partial charge on any atom is -0.383 e. The van der Waals surface area contributed by atoms with Crippen molar-refractivity contribution in [3.63, 3.8) is 0 Å². The number of rotatable bonds is 4. The third-order valence-corrected chi connectivity index (χ3v) is 2.89. The molecule has 0 aliphatic carbocycles. The van der Waals surface area contributed by atoms with Crippen LogP contribution >= 0.6 is 0 Å². The van der Waals surface area contributed by atoms with Gasteiger partial charge in [0.1, 0.15) is 0 Å². The van der Waals surface area contributed by atoms with Gasteiger partial charge in [-0.1, -0.05) is 6.07 Å². The van der Waals surface area contributed by atoms with Crippen LogP contribution in [0.25, 0.3) is 0 Å². The predicted molar refractivity (Wildman–Crippen MR) is 65.8 cm³/mol. The Balaban J connectivity index is 2.04. The average Bonchev–Trinajstić information content (AvgIpc) is 2.75. The second-order valence-electron chi connectivity index (χ2n) is 4.42.